The third kappa shape index (κ3) is 4.52. The molecule has 17 heavy (non-hydrogen) atoms. The molecular formula is C11H22ClN3O2. The zero-order valence-electron chi connectivity index (χ0n) is 10.7. The van der Waals surface area contributed by atoms with E-state index in [0.29, 0.717) is 25.9 Å². The number of hydrogen-bond donors (Lipinski definition) is 2. The molecule has 0 aromatic rings. The predicted octanol–water partition coefficient (Wildman–Crippen LogP) is 0.130. The van der Waals surface area contributed by atoms with Crippen molar-refractivity contribution >= 4 is 24.2 Å². The highest BCUT2D eigenvalue weighted by Gasteiger charge is 2.31. The van der Waals surface area contributed by atoms with Crippen molar-refractivity contribution in [3.05, 3.63) is 0 Å². The summed E-state index contributed by atoms with van der Waals surface area (Å²) in [5.41, 5.74) is 5.53. The van der Waals surface area contributed by atoms with Gasteiger partial charge in [-0.3, -0.25) is 9.59 Å². The highest BCUT2D eigenvalue weighted by atomic mass is 35.5. The van der Waals surface area contributed by atoms with E-state index in [0.717, 1.165) is 0 Å². The molecule has 6 heteroatoms. The number of likely N-dealkylation sites (N-methyl/N-ethyl adjacent to an activating group) is 1. The van der Waals surface area contributed by atoms with Crippen LogP contribution >= 0.6 is 12.4 Å². The van der Waals surface area contributed by atoms with Gasteiger partial charge in [0.2, 0.25) is 11.8 Å². The quantitative estimate of drug-likeness (QED) is 0.757. The maximum atomic E-state index is 12.0. The van der Waals surface area contributed by atoms with Crippen LogP contribution in [0.25, 0.3) is 0 Å². The molecular weight excluding hydrogens is 242 g/mol. The topological polar surface area (TPSA) is 75.4 Å². The molecule has 1 rings (SSSR count). The zero-order valence-corrected chi connectivity index (χ0v) is 11.5. The minimum Gasteiger partial charge on any atom is -0.344 e. The summed E-state index contributed by atoms with van der Waals surface area (Å²) in [6.07, 6.45) is 1.05. The number of amides is 2. The van der Waals surface area contributed by atoms with Crippen molar-refractivity contribution in [2.75, 3.05) is 20.1 Å². The number of carbonyl (C=O) groups is 2. The van der Waals surface area contributed by atoms with Gasteiger partial charge in [0.05, 0.1) is 0 Å². The van der Waals surface area contributed by atoms with Crippen LogP contribution in [0.3, 0.4) is 0 Å². The summed E-state index contributed by atoms with van der Waals surface area (Å²) in [5.74, 6) is -0.0581. The first kappa shape index (κ1) is 16.2. The highest BCUT2D eigenvalue weighted by molar-refractivity contribution is 5.90. The molecule has 0 saturated carbocycles. The third-order valence-electron chi connectivity index (χ3n) is 2.89. The summed E-state index contributed by atoms with van der Waals surface area (Å²) in [5, 5.41) is 2.68. The summed E-state index contributed by atoms with van der Waals surface area (Å²) in [4.78, 5) is 24.6. The molecule has 0 aromatic heterocycles. The minimum absolute atomic E-state index is 0. The van der Waals surface area contributed by atoms with Gasteiger partial charge in [-0.1, -0.05) is 13.8 Å². The Hall–Kier alpha value is -0.810. The molecule has 5 nitrogen and oxygen atoms in total. The van der Waals surface area contributed by atoms with Crippen LogP contribution in [0.4, 0.5) is 0 Å². The van der Waals surface area contributed by atoms with Gasteiger partial charge in [-0.2, -0.15) is 0 Å². The summed E-state index contributed by atoms with van der Waals surface area (Å²) >= 11 is 0. The van der Waals surface area contributed by atoms with Gasteiger partial charge in [-0.15, -0.1) is 12.4 Å². The van der Waals surface area contributed by atoms with E-state index in [4.69, 9.17) is 5.73 Å². The Kier molecular flexibility index (Phi) is 5.92. The lowest BCUT2D eigenvalue weighted by molar-refractivity contribution is -0.134. The lowest BCUT2D eigenvalue weighted by Gasteiger charge is -2.30. The summed E-state index contributed by atoms with van der Waals surface area (Å²) < 4.78 is 0. The normalized spacial score (nSPS) is 19.5. The smallest absolute Gasteiger partial charge is 0.244 e. The molecule has 2 amide bonds. The predicted molar refractivity (Wildman–Crippen MR) is 68.9 cm³/mol. The number of halogens is 1. The van der Waals surface area contributed by atoms with Crippen LogP contribution in [0.15, 0.2) is 0 Å². The van der Waals surface area contributed by atoms with Crippen LogP contribution in [0.2, 0.25) is 0 Å². The molecule has 1 aliphatic heterocycles. The van der Waals surface area contributed by atoms with Crippen LogP contribution in [-0.2, 0) is 9.59 Å². The summed E-state index contributed by atoms with van der Waals surface area (Å²) in [6.45, 7) is 5.17. The van der Waals surface area contributed by atoms with Crippen molar-refractivity contribution in [2.45, 2.75) is 32.7 Å². The molecule has 100 valence electrons. The van der Waals surface area contributed by atoms with E-state index in [2.05, 4.69) is 5.32 Å². The fourth-order valence-corrected chi connectivity index (χ4v) is 1.85. The first-order valence-electron chi connectivity index (χ1n) is 5.60. The van der Waals surface area contributed by atoms with Crippen LogP contribution in [0.5, 0.6) is 0 Å². The van der Waals surface area contributed by atoms with Gasteiger partial charge >= 0.3 is 0 Å². The Balaban J connectivity index is 0.00000256. The number of nitrogens with zero attached hydrogens (tertiary/aromatic N) is 1. The largest absolute Gasteiger partial charge is 0.344 e. The van der Waals surface area contributed by atoms with Gasteiger partial charge in [0, 0.05) is 20.0 Å². The molecule has 1 unspecified atom stereocenters. The Labute approximate surface area is 109 Å². The van der Waals surface area contributed by atoms with Gasteiger partial charge < -0.3 is 16.0 Å². The summed E-state index contributed by atoms with van der Waals surface area (Å²) in [7, 11) is 1.75. The second-order valence-electron chi connectivity index (χ2n) is 5.22. The minimum atomic E-state index is -0.342. The Morgan fingerprint density at radius 2 is 2.18 bits per heavy atom. The lowest BCUT2D eigenvalue weighted by Crippen LogP contribution is -2.47. The van der Waals surface area contributed by atoms with Crippen LogP contribution in [0.1, 0.15) is 26.7 Å². The van der Waals surface area contributed by atoms with Crippen molar-refractivity contribution in [2.24, 2.45) is 11.1 Å². The number of rotatable bonds is 4. The van der Waals surface area contributed by atoms with Gasteiger partial charge in [0.25, 0.3) is 0 Å². The molecule has 0 bridgehead atoms. The fraction of sp³-hybridized carbons (Fsp3) is 0.818. The Morgan fingerprint density at radius 3 is 2.59 bits per heavy atom. The molecule has 1 saturated heterocycles. The van der Waals surface area contributed by atoms with Crippen molar-refractivity contribution in [3.8, 4) is 0 Å². The van der Waals surface area contributed by atoms with Crippen molar-refractivity contribution in [1.82, 2.24) is 10.2 Å². The molecule has 1 aliphatic rings. The molecule has 3 N–H and O–H groups in total. The first-order chi connectivity index (χ1) is 7.35. The molecule has 1 fully saturated rings. The highest BCUT2D eigenvalue weighted by Crippen LogP contribution is 2.16. The molecule has 0 aliphatic carbocycles. The van der Waals surface area contributed by atoms with Crippen molar-refractivity contribution in [3.63, 3.8) is 0 Å². The van der Waals surface area contributed by atoms with E-state index < -0.39 is 0 Å². The number of carbonyl (C=O) groups excluding carboxylic acids is 2. The average molecular weight is 264 g/mol. The van der Waals surface area contributed by atoms with E-state index in [1.807, 2.05) is 13.8 Å². The van der Waals surface area contributed by atoms with E-state index in [1.54, 1.807) is 11.9 Å². The van der Waals surface area contributed by atoms with Crippen molar-refractivity contribution < 1.29 is 9.59 Å². The molecule has 1 heterocycles. The fourth-order valence-electron chi connectivity index (χ4n) is 1.85. The Bertz CT molecular complexity index is 294. The number of nitrogens with one attached hydrogen (secondary N) is 1. The van der Waals surface area contributed by atoms with Gasteiger partial charge in [0.1, 0.15) is 6.04 Å². The van der Waals surface area contributed by atoms with E-state index in [-0.39, 0.29) is 35.7 Å². The van der Waals surface area contributed by atoms with Crippen LogP contribution in [0, 0.1) is 5.41 Å². The Morgan fingerprint density at radius 1 is 1.59 bits per heavy atom. The van der Waals surface area contributed by atoms with E-state index in [1.165, 1.54) is 0 Å². The van der Waals surface area contributed by atoms with Gasteiger partial charge in [-0.05, 0) is 18.4 Å². The maximum Gasteiger partial charge on any atom is 0.244 e. The molecule has 0 radical (unpaired) electrons. The second kappa shape index (κ2) is 6.21. The van der Waals surface area contributed by atoms with Crippen molar-refractivity contribution in [1.29, 1.82) is 0 Å². The monoisotopic (exact) mass is 263 g/mol. The SMILES string of the molecule is CN(CC(C)(C)CN)C(=O)C1CCC(=O)N1.Cl. The third-order valence-corrected chi connectivity index (χ3v) is 2.89. The van der Waals surface area contributed by atoms with Crippen LogP contribution < -0.4 is 11.1 Å². The van der Waals surface area contributed by atoms with E-state index in [9.17, 15) is 9.59 Å². The van der Waals surface area contributed by atoms with Gasteiger partial charge in [-0.25, -0.2) is 0 Å². The first-order valence-corrected chi connectivity index (χ1v) is 5.60. The zero-order chi connectivity index (χ0) is 12.3. The van der Waals surface area contributed by atoms with E-state index >= 15 is 0 Å². The number of nitrogens with two attached hydrogens (primary N) is 1. The maximum absolute atomic E-state index is 12.0. The lowest BCUT2D eigenvalue weighted by atomic mass is 9.93. The number of hydrogen-bond acceptors (Lipinski definition) is 3. The standard InChI is InChI=1S/C11H21N3O2.ClH/c1-11(2,6-12)7-14(3)10(16)8-4-5-9(15)13-8;/h8H,4-7,12H2,1-3H3,(H,13,15);1H. The van der Waals surface area contributed by atoms with Gasteiger partial charge in [0.15, 0.2) is 0 Å². The average Bonchev–Trinajstić information content (AvgIpc) is 2.63. The van der Waals surface area contributed by atoms with Crippen LogP contribution in [-0.4, -0.2) is 42.9 Å². The molecule has 0 spiro atoms. The summed E-state index contributed by atoms with van der Waals surface area (Å²) in [6, 6.07) is -0.342. The molecule has 1 atom stereocenters. The molecule has 0 aromatic carbocycles. The second-order valence-corrected chi connectivity index (χ2v) is 5.22.